The summed E-state index contributed by atoms with van der Waals surface area (Å²) in [6, 6.07) is 4.25. The molecule has 0 fully saturated rings. The molecule has 0 aromatic heterocycles. The van der Waals surface area contributed by atoms with E-state index in [-0.39, 0.29) is 24.1 Å². The van der Waals surface area contributed by atoms with Crippen LogP contribution in [0.4, 0.5) is 5.69 Å². The van der Waals surface area contributed by atoms with E-state index in [0.29, 0.717) is 5.56 Å². The van der Waals surface area contributed by atoms with Gasteiger partial charge in [-0.25, -0.2) is 0 Å². The van der Waals surface area contributed by atoms with E-state index in [9.17, 15) is 14.9 Å². The van der Waals surface area contributed by atoms with Crippen molar-refractivity contribution >= 4 is 27.6 Å². The molecular weight excluding hydrogens is 340 g/mol. The zero-order chi connectivity index (χ0) is 16.0. The Bertz CT molecular complexity index is 522. The van der Waals surface area contributed by atoms with Crippen molar-refractivity contribution in [1.82, 2.24) is 5.32 Å². The van der Waals surface area contributed by atoms with Gasteiger partial charge in [0.05, 0.1) is 12.0 Å². The van der Waals surface area contributed by atoms with Crippen LogP contribution in [0.25, 0.3) is 0 Å². The number of halogens is 1. The number of ether oxygens (including phenoxy) is 1. The lowest BCUT2D eigenvalue weighted by molar-refractivity contribution is -0.385. The van der Waals surface area contributed by atoms with Crippen LogP contribution in [0.1, 0.15) is 25.8 Å². The zero-order valence-corrected chi connectivity index (χ0v) is 13.8. The van der Waals surface area contributed by atoms with Gasteiger partial charge in [0.2, 0.25) is 0 Å². The number of methoxy groups -OCH3 is 1. The third kappa shape index (κ3) is 4.78. The zero-order valence-electron chi connectivity index (χ0n) is 12.3. The van der Waals surface area contributed by atoms with Crippen molar-refractivity contribution in [3.8, 4) is 0 Å². The molecule has 6 nitrogen and oxygen atoms in total. The second-order valence-corrected chi connectivity index (χ2v) is 5.71. The molecule has 0 aliphatic heterocycles. The van der Waals surface area contributed by atoms with Gasteiger partial charge in [0.25, 0.3) is 5.69 Å². The Balaban J connectivity index is 2.92. The lowest BCUT2D eigenvalue weighted by Gasteiger charge is -2.21. The smallest absolute Gasteiger partial charge is 0.323 e. The number of rotatable bonds is 7. The minimum atomic E-state index is -0.487. The Morgan fingerprint density at radius 3 is 2.71 bits per heavy atom. The van der Waals surface area contributed by atoms with E-state index >= 15 is 0 Å². The van der Waals surface area contributed by atoms with Crippen LogP contribution in [-0.2, 0) is 16.1 Å². The number of benzene rings is 1. The van der Waals surface area contributed by atoms with Crippen LogP contribution >= 0.6 is 15.9 Å². The van der Waals surface area contributed by atoms with E-state index in [1.807, 2.05) is 13.8 Å². The van der Waals surface area contributed by atoms with Crippen molar-refractivity contribution in [2.24, 2.45) is 5.92 Å². The average molecular weight is 359 g/mol. The van der Waals surface area contributed by atoms with Crippen LogP contribution in [0.2, 0.25) is 0 Å². The summed E-state index contributed by atoms with van der Waals surface area (Å²) in [6.45, 7) is 4.13. The highest BCUT2D eigenvalue weighted by molar-refractivity contribution is 9.10. The lowest BCUT2D eigenvalue weighted by atomic mass is 9.99. The average Bonchev–Trinajstić information content (AvgIpc) is 2.46. The highest BCUT2D eigenvalue weighted by atomic mass is 79.9. The molecule has 0 aliphatic rings. The molecule has 0 spiro atoms. The van der Waals surface area contributed by atoms with Gasteiger partial charge < -0.3 is 4.74 Å². The molecule has 116 valence electrons. The van der Waals surface area contributed by atoms with Gasteiger partial charge in [-0.3, -0.25) is 20.2 Å². The van der Waals surface area contributed by atoms with E-state index in [1.54, 1.807) is 12.1 Å². The molecule has 0 amide bonds. The third-order valence-corrected chi connectivity index (χ3v) is 3.91. The monoisotopic (exact) mass is 358 g/mol. The van der Waals surface area contributed by atoms with Gasteiger partial charge in [0.1, 0.15) is 6.04 Å². The molecular formula is C14H19BrN2O4. The first-order valence-corrected chi connectivity index (χ1v) is 7.44. The van der Waals surface area contributed by atoms with Crippen molar-refractivity contribution in [2.75, 3.05) is 7.11 Å². The Labute approximate surface area is 132 Å². The van der Waals surface area contributed by atoms with Crippen molar-refractivity contribution < 1.29 is 14.5 Å². The Kier molecular flexibility index (Phi) is 6.77. The standard InChI is InChI=1S/C14H19BrN2O4/c1-4-9(2)13(14(18)21-3)16-8-10-7-11(15)5-6-12(10)17(19)20/h5-7,9,13,16H,4,8H2,1-3H3. The lowest BCUT2D eigenvalue weighted by Crippen LogP contribution is -2.42. The predicted octanol–water partition coefficient (Wildman–Crippen LogP) is 3.03. The first-order chi connectivity index (χ1) is 9.90. The second kappa shape index (κ2) is 8.09. The van der Waals surface area contributed by atoms with Gasteiger partial charge in [-0.15, -0.1) is 0 Å². The van der Waals surface area contributed by atoms with Crippen LogP contribution in [0.5, 0.6) is 0 Å². The molecule has 2 unspecified atom stereocenters. The fourth-order valence-corrected chi connectivity index (χ4v) is 2.38. The summed E-state index contributed by atoms with van der Waals surface area (Å²) in [4.78, 5) is 22.4. The van der Waals surface area contributed by atoms with Crippen LogP contribution < -0.4 is 5.32 Å². The Morgan fingerprint density at radius 1 is 1.52 bits per heavy atom. The van der Waals surface area contributed by atoms with E-state index in [0.717, 1.165) is 10.9 Å². The molecule has 0 radical (unpaired) electrons. The maximum absolute atomic E-state index is 11.8. The SMILES string of the molecule is CCC(C)C(NCc1cc(Br)ccc1[N+](=O)[O-])C(=O)OC. The molecule has 1 rings (SSSR count). The number of nitro groups is 1. The molecule has 0 bridgehead atoms. The molecule has 2 atom stereocenters. The molecule has 0 saturated heterocycles. The number of hydrogen-bond acceptors (Lipinski definition) is 5. The Hall–Kier alpha value is -1.47. The highest BCUT2D eigenvalue weighted by Crippen LogP contribution is 2.23. The molecule has 0 heterocycles. The van der Waals surface area contributed by atoms with Crippen molar-refractivity contribution in [3.05, 3.63) is 38.3 Å². The first-order valence-electron chi connectivity index (χ1n) is 6.64. The fourth-order valence-electron chi connectivity index (χ4n) is 1.97. The predicted molar refractivity (Wildman–Crippen MR) is 82.9 cm³/mol. The topological polar surface area (TPSA) is 81.5 Å². The molecule has 1 aromatic rings. The van der Waals surface area contributed by atoms with Crippen LogP contribution in [0, 0.1) is 16.0 Å². The van der Waals surface area contributed by atoms with Crippen molar-refractivity contribution in [3.63, 3.8) is 0 Å². The van der Waals surface area contributed by atoms with E-state index in [2.05, 4.69) is 21.2 Å². The van der Waals surface area contributed by atoms with Crippen molar-refractivity contribution in [2.45, 2.75) is 32.9 Å². The number of carbonyl (C=O) groups excluding carboxylic acids is 1. The minimum Gasteiger partial charge on any atom is -0.468 e. The number of carbonyl (C=O) groups is 1. The summed E-state index contributed by atoms with van der Waals surface area (Å²) >= 11 is 3.30. The minimum absolute atomic E-state index is 0.0264. The molecule has 0 saturated carbocycles. The van der Waals surface area contributed by atoms with Gasteiger partial charge in [0.15, 0.2) is 0 Å². The van der Waals surface area contributed by atoms with E-state index < -0.39 is 11.0 Å². The van der Waals surface area contributed by atoms with Gasteiger partial charge in [-0.1, -0.05) is 36.2 Å². The number of esters is 1. The Morgan fingerprint density at radius 2 is 2.19 bits per heavy atom. The maximum atomic E-state index is 11.8. The molecule has 1 aromatic carbocycles. The number of hydrogen-bond donors (Lipinski definition) is 1. The third-order valence-electron chi connectivity index (χ3n) is 3.42. The van der Waals surface area contributed by atoms with Gasteiger partial charge in [-0.2, -0.15) is 0 Å². The van der Waals surface area contributed by atoms with Gasteiger partial charge >= 0.3 is 5.97 Å². The highest BCUT2D eigenvalue weighted by Gasteiger charge is 2.25. The summed E-state index contributed by atoms with van der Waals surface area (Å²) in [5.41, 5.74) is 0.546. The largest absolute Gasteiger partial charge is 0.468 e. The molecule has 0 aliphatic carbocycles. The molecule has 1 N–H and O–H groups in total. The second-order valence-electron chi connectivity index (χ2n) is 4.80. The van der Waals surface area contributed by atoms with Gasteiger partial charge in [0, 0.05) is 22.6 Å². The summed E-state index contributed by atoms with van der Waals surface area (Å²) < 4.78 is 5.53. The summed E-state index contributed by atoms with van der Waals surface area (Å²) in [5.74, 6) is -0.286. The molecule has 7 heteroatoms. The van der Waals surface area contributed by atoms with Crippen LogP contribution in [0.15, 0.2) is 22.7 Å². The van der Waals surface area contributed by atoms with Crippen LogP contribution in [-0.4, -0.2) is 24.0 Å². The maximum Gasteiger partial charge on any atom is 0.323 e. The fraction of sp³-hybridized carbons (Fsp3) is 0.500. The number of nitrogens with zero attached hydrogens (tertiary/aromatic N) is 1. The normalized spacial score (nSPS) is 13.5. The summed E-state index contributed by atoms with van der Waals surface area (Å²) in [7, 11) is 1.33. The quantitative estimate of drug-likeness (QED) is 0.460. The van der Waals surface area contributed by atoms with Gasteiger partial charge in [-0.05, 0) is 18.1 Å². The number of nitro benzene ring substituents is 1. The van der Waals surface area contributed by atoms with E-state index in [1.165, 1.54) is 13.2 Å². The van der Waals surface area contributed by atoms with Crippen LogP contribution in [0.3, 0.4) is 0 Å². The first kappa shape index (κ1) is 17.6. The van der Waals surface area contributed by atoms with E-state index in [4.69, 9.17) is 4.74 Å². The number of nitrogens with one attached hydrogen (secondary N) is 1. The summed E-state index contributed by atoms with van der Waals surface area (Å²) in [6.07, 6.45) is 0.799. The van der Waals surface area contributed by atoms with Crippen molar-refractivity contribution in [1.29, 1.82) is 0 Å². The summed E-state index contributed by atoms with van der Waals surface area (Å²) in [5, 5.41) is 14.1. The molecule has 21 heavy (non-hydrogen) atoms.